The third kappa shape index (κ3) is 2.94. The van der Waals surface area contributed by atoms with Crippen LogP contribution < -0.4 is 10.1 Å². The number of fused-ring (bicyclic) bond motifs is 1. The summed E-state index contributed by atoms with van der Waals surface area (Å²) in [7, 11) is 0. The first-order chi connectivity index (χ1) is 9.36. The van der Waals surface area contributed by atoms with Crippen molar-refractivity contribution in [2.24, 2.45) is 0 Å². The molecule has 0 bridgehead atoms. The number of aryl methyl sites for hydroxylation is 2. The highest BCUT2D eigenvalue weighted by molar-refractivity contribution is 5.37. The molecule has 104 valence electrons. The van der Waals surface area contributed by atoms with E-state index < -0.39 is 0 Å². The minimum atomic E-state index is 0.363. The third-order valence-electron chi connectivity index (χ3n) is 4.53. The first-order valence-corrected chi connectivity index (χ1v) is 7.88. The van der Waals surface area contributed by atoms with Gasteiger partial charge in [-0.3, -0.25) is 0 Å². The van der Waals surface area contributed by atoms with Crippen molar-refractivity contribution in [2.75, 3.05) is 6.54 Å². The molecule has 0 spiro atoms. The van der Waals surface area contributed by atoms with Crippen LogP contribution in [0.25, 0.3) is 0 Å². The Morgan fingerprint density at radius 3 is 2.79 bits per heavy atom. The maximum absolute atomic E-state index is 6.24. The molecule has 2 unspecified atom stereocenters. The summed E-state index contributed by atoms with van der Waals surface area (Å²) in [6, 6.07) is 7.28. The third-order valence-corrected chi connectivity index (χ3v) is 4.53. The van der Waals surface area contributed by atoms with Gasteiger partial charge >= 0.3 is 0 Å². The lowest BCUT2D eigenvalue weighted by Crippen LogP contribution is -2.38. The van der Waals surface area contributed by atoms with E-state index >= 15 is 0 Å². The second-order valence-corrected chi connectivity index (χ2v) is 5.89. The standard InChI is InChI=1S/C17H25NO/c1-2-18-16-8-5-9-17(16)19-15-11-10-13-6-3-4-7-14(13)12-15/h10-12,16-18H,2-9H2,1H3. The molecule has 2 nitrogen and oxygen atoms in total. The zero-order valence-electron chi connectivity index (χ0n) is 12.0. The van der Waals surface area contributed by atoms with Crippen LogP contribution in [0, 0.1) is 0 Å². The molecule has 1 N–H and O–H groups in total. The van der Waals surface area contributed by atoms with Gasteiger partial charge in [0.15, 0.2) is 0 Å². The second kappa shape index (κ2) is 5.96. The van der Waals surface area contributed by atoms with Gasteiger partial charge in [-0.05, 0) is 74.8 Å². The number of rotatable bonds is 4. The van der Waals surface area contributed by atoms with E-state index in [4.69, 9.17) is 4.74 Å². The Hall–Kier alpha value is -1.02. The van der Waals surface area contributed by atoms with Crippen molar-refractivity contribution in [2.45, 2.75) is 64.0 Å². The molecular weight excluding hydrogens is 234 g/mol. The van der Waals surface area contributed by atoms with Crippen LogP contribution in [0.5, 0.6) is 5.75 Å². The summed E-state index contributed by atoms with van der Waals surface area (Å²) in [5.74, 6) is 1.08. The fourth-order valence-corrected chi connectivity index (χ4v) is 3.52. The number of nitrogens with one attached hydrogen (secondary N) is 1. The largest absolute Gasteiger partial charge is 0.489 e. The Morgan fingerprint density at radius 1 is 1.11 bits per heavy atom. The summed E-state index contributed by atoms with van der Waals surface area (Å²) >= 11 is 0. The molecule has 1 aromatic carbocycles. The quantitative estimate of drug-likeness (QED) is 0.894. The van der Waals surface area contributed by atoms with E-state index in [1.165, 1.54) is 56.1 Å². The Kier molecular flexibility index (Phi) is 4.07. The van der Waals surface area contributed by atoms with Gasteiger partial charge in [-0.2, -0.15) is 0 Å². The maximum atomic E-state index is 6.24. The maximum Gasteiger partial charge on any atom is 0.120 e. The molecule has 0 amide bonds. The minimum Gasteiger partial charge on any atom is -0.489 e. The van der Waals surface area contributed by atoms with Gasteiger partial charge in [-0.25, -0.2) is 0 Å². The summed E-state index contributed by atoms with van der Waals surface area (Å²) in [5, 5.41) is 3.55. The van der Waals surface area contributed by atoms with Crippen LogP contribution in [0.3, 0.4) is 0 Å². The Morgan fingerprint density at radius 2 is 1.95 bits per heavy atom. The zero-order chi connectivity index (χ0) is 13.1. The Balaban J connectivity index is 1.69. The van der Waals surface area contributed by atoms with E-state index in [1.54, 1.807) is 0 Å². The van der Waals surface area contributed by atoms with Crippen molar-refractivity contribution in [3.63, 3.8) is 0 Å². The molecular formula is C17H25NO. The van der Waals surface area contributed by atoms with Gasteiger partial charge < -0.3 is 10.1 Å². The van der Waals surface area contributed by atoms with Gasteiger partial charge in [0.25, 0.3) is 0 Å². The highest BCUT2D eigenvalue weighted by atomic mass is 16.5. The molecule has 0 heterocycles. The summed E-state index contributed by atoms with van der Waals surface area (Å²) in [6.07, 6.45) is 9.25. The van der Waals surface area contributed by atoms with Crippen LogP contribution in [0.4, 0.5) is 0 Å². The highest BCUT2D eigenvalue weighted by Crippen LogP contribution is 2.29. The van der Waals surface area contributed by atoms with E-state index in [9.17, 15) is 0 Å². The topological polar surface area (TPSA) is 21.3 Å². The first-order valence-electron chi connectivity index (χ1n) is 7.88. The lowest BCUT2D eigenvalue weighted by molar-refractivity contribution is 0.175. The SMILES string of the molecule is CCNC1CCCC1Oc1ccc2c(c1)CCCC2. The van der Waals surface area contributed by atoms with Crippen molar-refractivity contribution in [1.29, 1.82) is 0 Å². The normalized spacial score (nSPS) is 26.2. The number of hydrogen-bond donors (Lipinski definition) is 1. The van der Waals surface area contributed by atoms with Crippen molar-refractivity contribution < 1.29 is 4.74 Å². The number of benzene rings is 1. The van der Waals surface area contributed by atoms with Gasteiger partial charge in [-0.1, -0.05) is 13.0 Å². The Bertz CT molecular complexity index is 429. The summed E-state index contributed by atoms with van der Waals surface area (Å²) in [4.78, 5) is 0. The molecule has 2 aliphatic rings. The summed E-state index contributed by atoms with van der Waals surface area (Å²) < 4.78 is 6.24. The smallest absolute Gasteiger partial charge is 0.120 e. The summed E-state index contributed by atoms with van der Waals surface area (Å²) in [6.45, 7) is 3.21. The molecule has 0 radical (unpaired) electrons. The van der Waals surface area contributed by atoms with E-state index in [1.807, 2.05) is 0 Å². The zero-order valence-corrected chi connectivity index (χ0v) is 12.0. The van der Waals surface area contributed by atoms with Crippen molar-refractivity contribution >= 4 is 0 Å². The average molecular weight is 259 g/mol. The molecule has 1 saturated carbocycles. The van der Waals surface area contributed by atoms with Crippen LogP contribution in [-0.4, -0.2) is 18.7 Å². The fraction of sp³-hybridized carbons (Fsp3) is 0.647. The molecule has 2 atom stereocenters. The average Bonchev–Trinajstić information content (AvgIpc) is 2.86. The number of likely N-dealkylation sites (N-methyl/N-ethyl adjacent to an activating group) is 1. The van der Waals surface area contributed by atoms with Crippen molar-refractivity contribution in [1.82, 2.24) is 5.32 Å². The van der Waals surface area contributed by atoms with Gasteiger partial charge in [-0.15, -0.1) is 0 Å². The molecule has 0 aliphatic heterocycles. The first kappa shape index (κ1) is 13.0. The molecule has 0 aromatic heterocycles. The monoisotopic (exact) mass is 259 g/mol. The Labute approximate surface area is 116 Å². The van der Waals surface area contributed by atoms with E-state index in [2.05, 4.69) is 30.4 Å². The van der Waals surface area contributed by atoms with E-state index in [-0.39, 0.29) is 0 Å². The van der Waals surface area contributed by atoms with Crippen molar-refractivity contribution in [3.8, 4) is 5.75 Å². The molecule has 0 saturated heterocycles. The van der Waals surface area contributed by atoms with Gasteiger partial charge in [0.1, 0.15) is 11.9 Å². The van der Waals surface area contributed by atoms with Gasteiger partial charge in [0.2, 0.25) is 0 Å². The van der Waals surface area contributed by atoms with Crippen LogP contribution >= 0.6 is 0 Å². The van der Waals surface area contributed by atoms with Crippen LogP contribution in [0.1, 0.15) is 50.2 Å². The lowest BCUT2D eigenvalue weighted by atomic mass is 9.92. The van der Waals surface area contributed by atoms with Gasteiger partial charge in [0.05, 0.1) is 0 Å². The van der Waals surface area contributed by atoms with Crippen LogP contribution in [0.2, 0.25) is 0 Å². The molecule has 1 fully saturated rings. The van der Waals surface area contributed by atoms with Crippen LogP contribution in [-0.2, 0) is 12.8 Å². The molecule has 2 heteroatoms. The minimum absolute atomic E-state index is 0.363. The number of hydrogen-bond acceptors (Lipinski definition) is 2. The molecule has 2 aliphatic carbocycles. The second-order valence-electron chi connectivity index (χ2n) is 5.89. The van der Waals surface area contributed by atoms with Crippen molar-refractivity contribution in [3.05, 3.63) is 29.3 Å². The van der Waals surface area contributed by atoms with E-state index in [0.717, 1.165) is 12.3 Å². The van der Waals surface area contributed by atoms with Crippen LogP contribution in [0.15, 0.2) is 18.2 Å². The predicted molar refractivity (Wildman–Crippen MR) is 78.8 cm³/mol. The predicted octanol–water partition coefficient (Wildman–Crippen LogP) is 3.47. The van der Waals surface area contributed by atoms with Gasteiger partial charge in [0, 0.05) is 6.04 Å². The summed E-state index contributed by atoms with van der Waals surface area (Å²) in [5.41, 5.74) is 3.05. The van der Waals surface area contributed by atoms with E-state index in [0.29, 0.717) is 12.1 Å². The lowest BCUT2D eigenvalue weighted by Gasteiger charge is -2.23. The highest BCUT2D eigenvalue weighted by Gasteiger charge is 2.28. The fourth-order valence-electron chi connectivity index (χ4n) is 3.52. The number of ether oxygens (including phenoxy) is 1. The molecule has 19 heavy (non-hydrogen) atoms. The molecule has 3 rings (SSSR count). The molecule has 1 aromatic rings.